The van der Waals surface area contributed by atoms with Gasteiger partial charge in [0, 0.05) is 38.9 Å². The molecule has 2 aliphatic heterocycles. The number of methoxy groups -OCH3 is 1. The van der Waals surface area contributed by atoms with Crippen LogP contribution in [-0.2, 0) is 9.53 Å². The Morgan fingerprint density at radius 1 is 1.15 bits per heavy atom. The molecule has 2 aliphatic rings. The van der Waals surface area contributed by atoms with Gasteiger partial charge in [0.2, 0.25) is 5.91 Å². The van der Waals surface area contributed by atoms with Gasteiger partial charge in [0.25, 0.3) is 5.91 Å². The summed E-state index contributed by atoms with van der Waals surface area (Å²) in [5.74, 6) is -0.0191. The van der Waals surface area contributed by atoms with Crippen LogP contribution in [-0.4, -0.2) is 78.6 Å². The van der Waals surface area contributed by atoms with Gasteiger partial charge in [0.05, 0.1) is 12.7 Å². The summed E-state index contributed by atoms with van der Waals surface area (Å²) in [6, 6.07) is 2.86. The van der Waals surface area contributed by atoms with Gasteiger partial charge in [0.1, 0.15) is 11.9 Å². The lowest BCUT2D eigenvalue weighted by Gasteiger charge is -2.40. The van der Waals surface area contributed by atoms with E-state index in [1.165, 1.54) is 12.0 Å². The van der Waals surface area contributed by atoms with Crippen LogP contribution in [0.2, 0.25) is 0 Å². The van der Waals surface area contributed by atoms with Crippen molar-refractivity contribution >= 4 is 23.7 Å². The third-order valence-electron chi connectivity index (χ3n) is 5.14. The first-order chi connectivity index (χ1) is 13.0. The number of nitrogens with two attached hydrogens (primary N) is 1. The maximum atomic E-state index is 13.0. The minimum Gasteiger partial charge on any atom is -0.453 e. The van der Waals surface area contributed by atoms with Gasteiger partial charge in [-0.2, -0.15) is 0 Å². The summed E-state index contributed by atoms with van der Waals surface area (Å²) in [7, 11) is 1.33. The number of pyridine rings is 1. The fraction of sp³-hybridized carbons (Fsp3) is 0.556. The van der Waals surface area contributed by atoms with Gasteiger partial charge in [-0.05, 0) is 31.4 Å². The molecule has 3 rings (SSSR count). The summed E-state index contributed by atoms with van der Waals surface area (Å²) in [4.78, 5) is 46.1. The Hall–Kier alpha value is -2.84. The van der Waals surface area contributed by atoms with Crippen molar-refractivity contribution in [2.45, 2.75) is 25.3 Å². The molecule has 0 spiro atoms. The number of hydrogen-bond donors (Lipinski definition) is 1. The van der Waals surface area contributed by atoms with Crippen molar-refractivity contribution in [3.63, 3.8) is 0 Å². The summed E-state index contributed by atoms with van der Waals surface area (Å²) in [6.45, 7) is 2.64. The second-order valence-corrected chi connectivity index (χ2v) is 6.73. The molecule has 1 aromatic heterocycles. The van der Waals surface area contributed by atoms with E-state index in [2.05, 4.69) is 4.98 Å². The van der Waals surface area contributed by atoms with E-state index < -0.39 is 18.0 Å². The van der Waals surface area contributed by atoms with E-state index in [1.54, 1.807) is 23.2 Å². The highest BCUT2D eigenvalue weighted by atomic mass is 16.5. The minimum atomic E-state index is -0.521. The largest absolute Gasteiger partial charge is 0.453 e. The quantitative estimate of drug-likeness (QED) is 0.822. The number of rotatable bonds is 3. The summed E-state index contributed by atoms with van der Waals surface area (Å²) in [6.07, 6.45) is 3.61. The molecule has 0 saturated carbocycles. The van der Waals surface area contributed by atoms with Gasteiger partial charge >= 0.3 is 6.09 Å². The number of nitrogens with zero attached hydrogens (tertiary/aromatic N) is 4. The van der Waals surface area contributed by atoms with Gasteiger partial charge in [-0.3, -0.25) is 14.5 Å². The minimum absolute atomic E-state index is 0.0455. The Balaban J connectivity index is 1.66. The smallest absolute Gasteiger partial charge is 0.410 e. The molecule has 27 heavy (non-hydrogen) atoms. The van der Waals surface area contributed by atoms with Crippen LogP contribution in [0.25, 0.3) is 0 Å². The number of carbonyl (C=O) groups excluding carboxylic acids is 3. The average molecular weight is 375 g/mol. The number of piperidine rings is 1. The molecule has 9 nitrogen and oxygen atoms in total. The van der Waals surface area contributed by atoms with Crippen molar-refractivity contribution < 1.29 is 19.1 Å². The van der Waals surface area contributed by atoms with Crippen LogP contribution < -0.4 is 10.6 Å². The molecule has 0 bridgehead atoms. The van der Waals surface area contributed by atoms with Crippen molar-refractivity contribution in [3.05, 3.63) is 23.9 Å². The highest BCUT2D eigenvalue weighted by Gasteiger charge is 2.36. The molecule has 2 fully saturated rings. The van der Waals surface area contributed by atoms with Crippen LogP contribution in [0, 0.1) is 0 Å². The molecule has 1 aromatic rings. The Bertz CT molecular complexity index is 717. The molecule has 3 amide bonds. The number of piperazine rings is 1. The van der Waals surface area contributed by atoms with E-state index in [0.29, 0.717) is 50.5 Å². The molecule has 146 valence electrons. The van der Waals surface area contributed by atoms with Crippen LogP contribution >= 0.6 is 0 Å². The van der Waals surface area contributed by atoms with E-state index in [9.17, 15) is 14.4 Å². The number of anilines is 1. The van der Waals surface area contributed by atoms with E-state index in [4.69, 9.17) is 10.5 Å². The number of carbonyl (C=O) groups is 3. The molecule has 0 aliphatic carbocycles. The average Bonchev–Trinajstić information content (AvgIpc) is 2.72. The van der Waals surface area contributed by atoms with Gasteiger partial charge in [0.15, 0.2) is 0 Å². The second-order valence-electron chi connectivity index (χ2n) is 6.73. The van der Waals surface area contributed by atoms with Crippen LogP contribution in [0.5, 0.6) is 0 Å². The Labute approximate surface area is 158 Å². The van der Waals surface area contributed by atoms with E-state index in [1.807, 2.05) is 4.90 Å². The third kappa shape index (κ3) is 3.96. The molecular weight excluding hydrogens is 350 g/mol. The number of primary amides is 1. The van der Waals surface area contributed by atoms with E-state index >= 15 is 0 Å². The van der Waals surface area contributed by atoms with Crippen LogP contribution in [0.15, 0.2) is 18.3 Å². The number of amides is 3. The first-order valence-electron chi connectivity index (χ1n) is 9.16. The Morgan fingerprint density at radius 2 is 1.89 bits per heavy atom. The monoisotopic (exact) mass is 375 g/mol. The van der Waals surface area contributed by atoms with E-state index in [-0.39, 0.29) is 5.91 Å². The first-order valence-corrected chi connectivity index (χ1v) is 9.16. The van der Waals surface area contributed by atoms with Gasteiger partial charge in [-0.25, -0.2) is 9.78 Å². The fourth-order valence-electron chi connectivity index (χ4n) is 3.71. The molecular formula is C18H25N5O4. The van der Waals surface area contributed by atoms with Crippen LogP contribution in [0.1, 0.15) is 29.6 Å². The second kappa shape index (κ2) is 8.24. The summed E-state index contributed by atoms with van der Waals surface area (Å²) in [5.41, 5.74) is 5.81. The van der Waals surface area contributed by atoms with Crippen molar-refractivity contribution in [1.82, 2.24) is 14.8 Å². The zero-order chi connectivity index (χ0) is 19.4. The topological polar surface area (TPSA) is 109 Å². The van der Waals surface area contributed by atoms with Crippen molar-refractivity contribution in [3.8, 4) is 0 Å². The summed E-state index contributed by atoms with van der Waals surface area (Å²) >= 11 is 0. The number of ether oxygens (including phenoxy) is 1. The molecule has 2 N–H and O–H groups in total. The SMILES string of the molecule is COC(=O)N1CCCCC1C(=O)N1CCN(c2ncccc2C(N)=O)CC1. The van der Waals surface area contributed by atoms with E-state index in [0.717, 1.165) is 12.8 Å². The predicted molar refractivity (Wildman–Crippen MR) is 98.3 cm³/mol. The predicted octanol–water partition coefficient (Wildman–Crippen LogP) is 0.450. The Morgan fingerprint density at radius 3 is 2.56 bits per heavy atom. The first kappa shape index (κ1) is 18.9. The molecule has 0 aromatic carbocycles. The normalized spacial score (nSPS) is 20.3. The van der Waals surface area contributed by atoms with Crippen molar-refractivity contribution in [1.29, 1.82) is 0 Å². The van der Waals surface area contributed by atoms with Crippen LogP contribution in [0.4, 0.5) is 10.6 Å². The van der Waals surface area contributed by atoms with Crippen LogP contribution in [0.3, 0.4) is 0 Å². The Kier molecular flexibility index (Phi) is 5.78. The highest BCUT2D eigenvalue weighted by molar-refractivity contribution is 5.97. The number of aromatic nitrogens is 1. The lowest BCUT2D eigenvalue weighted by molar-refractivity contribution is -0.137. The third-order valence-corrected chi connectivity index (χ3v) is 5.14. The number of hydrogen-bond acceptors (Lipinski definition) is 6. The highest BCUT2D eigenvalue weighted by Crippen LogP contribution is 2.22. The number of likely N-dealkylation sites (tertiary alicyclic amines) is 1. The zero-order valence-electron chi connectivity index (χ0n) is 15.5. The molecule has 9 heteroatoms. The molecule has 1 atom stereocenters. The maximum Gasteiger partial charge on any atom is 0.410 e. The molecule has 3 heterocycles. The van der Waals surface area contributed by atoms with Gasteiger partial charge in [-0.1, -0.05) is 0 Å². The standard InChI is InChI=1S/C18H25N5O4/c1-27-18(26)23-8-3-2-6-14(23)17(25)22-11-9-21(10-12-22)16-13(15(19)24)5-4-7-20-16/h4-5,7,14H,2-3,6,8-12H2,1H3,(H2,19,24). The zero-order valence-corrected chi connectivity index (χ0v) is 15.5. The summed E-state index contributed by atoms with van der Waals surface area (Å²) < 4.78 is 4.82. The maximum absolute atomic E-state index is 13.0. The lowest BCUT2D eigenvalue weighted by Crippen LogP contribution is -2.57. The van der Waals surface area contributed by atoms with Crippen molar-refractivity contribution in [2.24, 2.45) is 5.73 Å². The fourth-order valence-corrected chi connectivity index (χ4v) is 3.71. The molecule has 1 unspecified atom stereocenters. The van der Waals surface area contributed by atoms with Crippen molar-refractivity contribution in [2.75, 3.05) is 44.7 Å². The summed E-state index contributed by atoms with van der Waals surface area (Å²) in [5, 5.41) is 0. The molecule has 0 radical (unpaired) electrons. The van der Waals surface area contributed by atoms with Gasteiger partial charge < -0.3 is 20.3 Å². The molecule has 2 saturated heterocycles. The lowest BCUT2D eigenvalue weighted by atomic mass is 10.0. The van der Waals surface area contributed by atoms with Gasteiger partial charge in [-0.15, -0.1) is 0 Å².